The third-order valence-corrected chi connectivity index (χ3v) is 3.29. The average Bonchev–Trinajstić information content (AvgIpc) is 2.57. The van der Waals surface area contributed by atoms with Gasteiger partial charge in [0.2, 0.25) is 0 Å². The van der Waals surface area contributed by atoms with Gasteiger partial charge >= 0.3 is 0 Å². The van der Waals surface area contributed by atoms with Crippen LogP contribution in [0.5, 0.6) is 5.75 Å². The Bertz CT molecular complexity index is 866. The van der Waals surface area contributed by atoms with Crippen molar-refractivity contribution in [1.82, 2.24) is 4.98 Å². The average molecular weight is 320 g/mol. The first-order chi connectivity index (χ1) is 11.6. The summed E-state index contributed by atoms with van der Waals surface area (Å²) in [5.74, 6) is -0.0642. The molecule has 0 unspecified atom stereocenters. The number of phenolic OH excluding ortho intramolecular Hbond substituents is 1. The van der Waals surface area contributed by atoms with E-state index >= 15 is 0 Å². The highest BCUT2D eigenvalue weighted by molar-refractivity contribution is 6.03. The maximum atomic E-state index is 12.3. The normalized spacial score (nSPS) is 10.2. The molecule has 0 atom stereocenters. The largest absolute Gasteiger partial charge is 0.506 e. The van der Waals surface area contributed by atoms with Crippen molar-refractivity contribution in [2.24, 2.45) is 0 Å². The predicted octanol–water partition coefficient (Wildman–Crippen LogP) is 3.37. The lowest BCUT2D eigenvalue weighted by Crippen LogP contribution is -2.14. The number of amides is 1. The van der Waals surface area contributed by atoms with E-state index in [2.05, 4.69) is 15.6 Å². The molecule has 120 valence electrons. The monoisotopic (exact) mass is 320 g/mol. The minimum atomic E-state index is -0.367. The van der Waals surface area contributed by atoms with Gasteiger partial charge in [0.15, 0.2) is 0 Å². The van der Waals surface area contributed by atoms with Crippen LogP contribution in [0.2, 0.25) is 0 Å². The number of nitrogens with two attached hydrogens (primary N) is 1. The van der Waals surface area contributed by atoms with Gasteiger partial charge in [-0.25, -0.2) is 4.98 Å². The van der Waals surface area contributed by atoms with Gasteiger partial charge < -0.3 is 21.5 Å². The smallest absolute Gasteiger partial charge is 0.274 e. The Kier molecular flexibility index (Phi) is 4.29. The lowest BCUT2D eigenvalue weighted by Gasteiger charge is -2.11. The standard InChI is InChI=1S/C18H16N4O2/c19-17-11-13(20-14-8-4-5-9-16(14)23)10-15(22-17)18(24)21-12-6-2-1-3-7-12/h1-11,23H,(H,21,24)(H3,19,20,22). The first kappa shape index (κ1) is 15.4. The predicted molar refractivity (Wildman–Crippen MR) is 94.4 cm³/mol. The molecule has 2 aromatic carbocycles. The minimum absolute atomic E-state index is 0.100. The van der Waals surface area contributed by atoms with Crippen molar-refractivity contribution in [2.75, 3.05) is 16.4 Å². The van der Waals surface area contributed by atoms with Crippen LogP contribution in [0.25, 0.3) is 0 Å². The molecule has 0 aliphatic heterocycles. The quantitative estimate of drug-likeness (QED) is 0.552. The summed E-state index contributed by atoms with van der Waals surface area (Å²) in [5, 5.41) is 15.6. The van der Waals surface area contributed by atoms with Crippen LogP contribution in [0.3, 0.4) is 0 Å². The molecule has 3 rings (SSSR count). The molecule has 1 amide bonds. The van der Waals surface area contributed by atoms with E-state index in [4.69, 9.17) is 5.73 Å². The third-order valence-electron chi connectivity index (χ3n) is 3.29. The van der Waals surface area contributed by atoms with Gasteiger partial charge in [0.25, 0.3) is 5.91 Å². The third kappa shape index (κ3) is 3.61. The fraction of sp³-hybridized carbons (Fsp3) is 0. The maximum Gasteiger partial charge on any atom is 0.274 e. The van der Waals surface area contributed by atoms with Crippen LogP contribution >= 0.6 is 0 Å². The maximum absolute atomic E-state index is 12.3. The molecule has 6 nitrogen and oxygen atoms in total. The van der Waals surface area contributed by atoms with Gasteiger partial charge in [-0.2, -0.15) is 0 Å². The summed E-state index contributed by atoms with van der Waals surface area (Å²) in [6.07, 6.45) is 0. The summed E-state index contributed by atoms with van der Waals surface area (Å²) < 4.78 is 0. The number of aromatic hydroxyl groups is 1. The molecule has 24 heavy (non-hydrogen) atoms. The van der Waals surface area contributed by atoms with Gasteiger partial charge in [0.1, 0.15) is 17.3 Å². The van der Waals surface area contributed by atoms with Crippen molar-refractivity contribution in [3.63, 3.8) is 0 Å². The number of hydrogen-bond acceptors (Lipinski definition) is 5. The molecule has 0 saturated carbocycles. The molecule has 0 aliphatic rings. The fourth-order valence-corrected chi connectivity index (χ4v) is 2.19. The fourth-order valence-electron chi connectivity index (χ4n) is 2.19. The lowest BCUT2D eigenvalue weighted by molar-refractivity contribution is 0.102. The number of aromatic nitrogens is 1. The van der Waals surface area contributed by atoms with Crippen molar-refractivity contribution < 1.29 is 9.90 Å². The Hall–Kier alpha value is -3.54. The molecule has 0 aliphatic carbocycles. The molecule has 0 bridgehead atoms. The zero-order chi connectivity index (χ0) is 16.9. The lowest BCUT2D eigenvalue weighted by atomic mass is 10.2. The molecule has 0 spiro atoms. The van der Waals surface area contributed by atoms with E-state index in [-0.39, 0.29) is 23.2 Å². The van der Waals surface area contributed by atoms with Gasteiger partial charge in [-0.05, 0) is 30.3 Å². The van der Waals surface area contributed by atoms with Crippen LogP contribution in [0.15, 0.2) is 66.7 Å². The van der Waals surface area contributed by atoms with E-state index in [1.54, 1.807) is 48.5 Å². The summed E-state index contributed by atoms with van der Waals surface area (Å²) >= 11 is 0. The van der Waals surface area contributed by atoms with E-state index in [0.717, 1.165) is 0 Å². The van der Waals surface area contributed by atoms with Crippen molar-refractivity contribution in [2.45, 2.75) is 0 Å². The van der Waals surface area contributed by atoms with Crippen LogP contribution in [-0.4, -0.2) is 16.0 Å². The number of hydrogen-bond donors (Lipinski definition) is 4. The number of pyridine rings is 1. The van der Waals surface area contributed by atoms with Gasteiger partial charge in [0, 0.05) is 17.4 Å². The second kappa shape index (κ2) is 6.70. The van der Waals surface area contributed by atoms with Crippen molar-refractivity contribution >= 4 is 28.8 Å². The Labute approximate surface area is 139 Å². The van der Waals surface area contributed by atoms with E-state index in [1.807, 2.05) is 18.2 Å². The number of nitrogens with zero attached hydrogens (tertiary/aromatic N) is 1. The molecule has 0 fully saturated rings. The molecule has 0 saturated heterocycles. The molecular formula is C18H16N4O2. The number of para-hydroxylation sites is 3. The van der Waals surface area contributed by atoms with Crippen LogP contribution in [0.1, 0.15) is 10.5 Å². The number of carbonyl (C=O) groups excluding carboxylic acids is 1. The van der Waals surface area contributed by atoms with Crippen LogP contribution in [0.4, 0.5) is 22.9 Å². The summed E-state index contributed by atoms with van der Waals surface area (Å²) in [4.78, 5) is 16.4. The molecule has 3 aromatic rings. The number of benzene rings is 2. The van der Waals surface area contributed by atoms with E-state index in [1.165, 1.54) is 0 Å². The van der Waals surface area contributed by atoms with E-state index in [0.29, 0.717) is 17.1 Å². The first-order valence-electron chi connectivity index (χ1n) is 7.31. The van der Waals surface area contributed by atoms with Gasteiger partial charge in [-0.3, -0.25) is 4.79 Å². The topological polar surface area (TPSA) is 100 Å². The van der Waals surface area contributed by atoms with E-state index < -0.39 is 0 Å². The van der Waals surface area contributed by atoms with Crippen LogP contribution in [0, 0.1) is 0 Å². The second-order valence-electron chi connectivity index (χ2n) is 5.13. The second-order valence-corrected chi connectivity index (χ2v) is 5.13. The van der Waals surface area contributed by atoms with Crippen LogP contribution in [-0.2, 0) is 0 Å². The Morgan fingerprint density at radius 3 is 2.42 bits per heavy atom. The number of anilines is 4. The van der Waals surface area contributed by atoms with Crippen molar-refractivity contribution in [1.29, 1.82) is 0 Å². The van der Waals surface area contributed by atoms with E-state index in [9.17, 15) is 9.90 Å². The molecule has 5 N–H and O–H groups in total. The summed E-state index contributed by atoms with van der Waals surface area (Å²) in [6.45, 7) is 0. The summed E-state index contributed by atoms with van der Waals surface area (Å²) in [5.41, 5.74) is 7.70. The highest BCUT2D eigenvalue weighted by atomic mass is 16.3. The molecule has 6 heteroatoms. The number of phenols is 1. The number of carbonyl (C=O) groups is 1. The van der Waals surface area contributed by atoms with Gasteiger partial charge in [-0.1, -0.05) is 30.3 Å². The van der Waals surface area contributed by atoms with Crippen molar-refractivity contribution in [3.05, 3.63) is 72.4 Å². The van der Waals surface area contributed by atoms with Crippen molar-refractivity contribution in [3.8, 4) is 5.75 Å². The summed E-state index contributed by atoms with van der Waals surface area (Å²) in [6, 6.07) is 19.0. The number of nitrogens with one attached hydrogen (secondary N) is 2. The zero-order valence-electron chi connectivity index (χ0n) is 12.7. The van der Waals surface area contributed by atoms with Crippen LogP contribution < -0.4 is 16.4 Å². The zero-order valence-corrected chi connectivity index (χ0v) is 12.7. The van der Waals surface area contributed by atoms with Gasteiger partial charge in [-0.15, -0.1) is 0 Å². The highest BCUT2D eigenvalue weighted by Gasteiger charge is 2.11. The minimum Gasteiger partial charge on any atom is -0.506 e. The molecule has 1 heterocycles. The molecule has 0 radical (unpaired) electrons. The molecule has 1 aromatic heterocycles. The number of rotatable bonds is 4. The Morgan fingerprint density at radius 2 is 1.67 bits per heavy atom. The Morgan fingerprint density at radius 1 is 0.958 bits per heavy atom. The first-order valence-corrected chi connectivity index (χ1v) is 7.31. The van der Waals surface area contributed by atoms with Gasteiger partial charge in [0.05, 0.1) is 5.69 Å². The number of nitrogen functional groups attached to an aromatic ring is 1. The SMILES string of the molecule is Nc1cc(Nc2ccccc2O)cc(C(=O)Nc2ccccc2)n1. The highest BCUT2D eigenvalue weighted by Crippen LogP contribution is 2.27. The summed E-state index contributed by atoms with van der Waals surface area (Å²) in [7, 11) is 0. The Balaban J connectivity index is 1.83. The molecular weight excluding hydrogens is 304 g/mol.